The van der Waals surface area contributed by atoms with Gasteiger partial charge >= 0.3 is 0 Å². The van der Waals surface area contributed by atoms with Crippen LogP contribution in [-0.4, -0.2) is 29.6 Å². The minimum atomic E-state index is -1.84. The summed E-state index contributed by atoms with van der Waals surface area (Å²) < 4.78 is 13.3. The SMILES string of the molecule is C/C=C/C(=O)N1CCC(F)(C#N)C1. The van der Waals surface area contributed by atoms with Gasteiger partial charge in [0.1, 0.15) is 6.07 Å². The van der Waals surface area contributed by atoms with E-state index in [0.717, 1.165) is 0 Å². The summed E-state index contributed by atoms with van der Waals surface area (Å²) in [7, 11) is 0. The quantitative estimate of drug-likeness (QED) is 0.568. The molecule has 0 aromatic carbocycles. The first-order valence-electron chi connectivity index (χ1n) is 4.13. The van der Waals surface area contributed by atoms with Crippen molar-refractivity contribution in [1.82, 2.24) is 4.90 Å². The standard InChI is InChI=1S/C9H11FN2O/c1-2-3-8(13)12-5-4-9(10,6-11)7-12/h2-3H,4-5,7H2,1H3/b3-2+. The molecule has 1 aliphatic heterocycles. The number of carbonyl (C=O) groups excluding carboxylic acids is 1. The zero-order valence-corrected chi connectivity index (χ0v) is 7.46. The first-order chi connectivity index (χ1) is 6.11. The first kappa shape index (κ1) is 9.72. The van der Waals surface area contributed by atoms with Crippen molar-refractivity contribution in [3.63, 3.8) is 0 Å². The Kier molecular flexibility index (Phi) is 2.66. The third kappa shape index (κ3) is 2.05. The summed E-state index contributed by atoms with van der Waals surface area (Å²) >= 11 is 0. The summed E-state index contributed by atoms with van der Waals surface area (Å²) in [6.45, 7) is 1.95. The molecule has 1 atom stereocenters. The number of alkyl halides is 1. The predicted octanol–water partition coefficient (Wildman–Crippen LogP) is 1.03. The van der Waals surface area contributed by atoms with Crippen LogP contribution in [0, 0.1) is 11.3 Å². The summed E-state index contributed by atoms with van der Waals surface area (Å²) in [5, 5.41) is 8.47. The lowest BCUT2D eigenvalue weighted by atomic mass is 10.1. The molecule has 1 heterocycles. The second-order valence-electron chi connectivity index (χ2n) is 3.09. The number of likely N-dealkylation sites (tertiary alicyclic amines) is 1. The molecule has 4 heteroatoms. The number of rotatable bonds is 1. The van der Waals surface area contributed by atoms with E-state index in [-0.39, 0.29) is 18.9 Å². The van der Waals surface area contributed by atoms with Gasteiger partial charge in [0.2, 0.25) is 11.6 Å². The van der Waals surface area contributed by atoms with E-state index in [1.54, 1.807) is 19.1 Å². The molecule has 0 aromatic rings. The van der Waals surface area contributed by atoms with Crippen LogP contribution in [0.15, 0.2) is 12.2 Å². The number of amides is 1. The maximum Gasteiger partial charge on any atom is 0.246 e. The molecule has 0 radical (unpaired) electrons. The number of carbonyl (C=O) groups is 1. The van der Waals surface area contributed by atoms with Crippen LogP contribution in [0.25, 0.3) is 0 Å². The lowest BCUT2D eigenvalue weighted by Crippen LogP contribution is -2.31. The van der Waals surface area contributed by atoms with E-state index in [0.29, 0.717) is 6.54 Å². The number of nitriles is 1. The molecular weight excluding hydrogens is 171 g/mol. The van der Waals surface area contributed by atoms with Crippen molar-refractivity contribution in [2.24, 2.45) is 0 Å². The molecular formula is C9H11FN2O. The molecule has 0 saturated carbocycles. The van der Waals surface area contributed by atoms with Crippen LogP contribution in [0.2, 0.25) is 0 Å². The van der Waals surface area contributed by atoms with Gasteiger partial charge in [0.15, 0.2) is 0 Å². The minimum absolute atomic E-state index is 0.104. The number of halogens is 1. The molecule has 1 rings (SSSR count). The molecule has 1 saturated heterocycles. The Morgan fingerprint density at radius 3 is 2.92 bits per heavy atom. The van der Waals surface area contributed by atoms with Gasteiger partial charge in [-0.25, -0.2) is 4.39 Å². The molecule has 13 heavy (non-hydrogen) atoms. The van der Waals surface area contributed by atoms with E-state index in [2.05, 4.69) is 0 Å². The largest absolute Gasteiger partial charge is 0.335 e. The molecule has 1 amide bonds. The van der Waals surface area contributed by atoms with Crippen LogP contribution in [0.1, 0.15) is 13.3 Å². The maximum atomic E-state index is 13.3. The summed E-state index contributed by atoms with van der Waals surface area (Å²) in [5.41, 5.74) is -1.84. The van der Waals surface area contributed by atoms with Crippen LogP contribution < -0.4 is 0 Å². The molecule has 70 valence electrons. The van der Waals surface area contributed by atoms with Crippen molar-refractivity contribution in [3.8, 4) is 6.07 Å². The highest BCUT2D eigenvalue weighted by molar-refractivity contribution is 5.87. The molecule has 1 aliphatic rings. The molecule has 3 nitrogen and oxygen atoms in total. The highest BCUT2D eigenvalue weighted by Crippen LogP contribution is 2.24. The smallest absolute Gasteiger partial charge is 0.246 e. The fraction of sp³-hybridized carbons (Fsp3) is 0.556. The number of hydrogen-bond acceptors (Lipinski definition) is 2. The van der Waals surface area contributed by atoms with Crippen LogP contribution in [0.5, 0.6) is 0 Å². The summed E-state index contributed by atoms with van der Waals surface area (Å²) in [4.78, 5) is 12.6. The van der Waals surface area contributed by atoms with E-state index in [4.69, 9.17) is 5.26 Å². The van der Waals surface area contributed by atoms with Gasteiger partial charge in [-0.05, 0) is 13.0 Å². The Balaban J connectivity index is 2.61. The predicted molar refractivity (Wildman–Crippen MR) is 45.5 cm³/mol. The third-order valence-corrected chi connectivity index (χ3v) is 2.04. The van der Waals surface area contributed by atoms with Gasteiger partial charge in [-0.1, -0.05) is 6.08 Å². The third-order valence-electron chi connectivity index (χ3n) is 2.04. The molecule has 0 spiro atoms. The molecule has 0 N–H and O–H groups in total. The Morgan fingerprint density at radius 2 is 2.46 bits per heavy atom. The molecule has 0 aromatic heterocycles. The van der Waals surface area contributed by atoms with Crippen molar-refractivity contribution in [2.45, 2.75) is 19.0 Å². The highest BCUT2D eigenvalue weighted by atomic mass is 19.1. The van der Waals surface area contributed by atoms with Gasteiger partial charge in [-0.3, -0.25) is 4.79 Å². The molecule has 0 bridgehead atoms. The van der Waals surface area contributed by atoms with Crippen LogP contribution in [0.3, 0.4) is 0 Å². The summed E-state index contributed by atoms with van der Waals surface area (Å²) in [6, 6.07) is 1.58. The lowest BCUT2D eigenvalue weighted by Gasteiger charge is -2.13. The lowest BCUT2D eigenvalue weighted by molar-refractivity contribution is -0.125. The molecule has 0 aliphatic carbocycles. The van der Waals surface area contributed by atoms with Crippen LogP contribution in [0.4, 0.5) is 4.39 Å². The molecule has 1 unspecified atom stereocenters. The van der Waals surface area contributed by atoms with Crippen molar-refractivity contribution < 1.29 is 9.18 Å². The molecule has 1 fully saturated rings. The van der Waals surface area contributed by atoms with Crippen molar-refractivity contribution in [3.05, 3.63) is 12.2 Å². The zero-order chi connectivity index (χ0) is 9.90. The van der Waals surface area contributed by atoms with Gasteiger partial charge in [0, 0.05) is 13.0 Å². The van der Waals surface area contributed by atoms with Crippen LogP contribution in [-0.2, 0) is 4.79 Å². The first-order valence-corrected chi connectivity index (χ1v) is 4.13. The van der Waals surface area contributed by atoms with E-state index in [9.17, 15) is 9.18 Å². The highest BCUT2D eigenvalue weighted by Gasteiger charge is 2.39. The average molecular weight is 182 g/mol. The average Bonchev–Trinajstić information content (AvgIpc) is 2.50. The van der Waals surface area contributed by atoms with Crippen LogP contribution >= 0.6 is 0 Å². The summed E-state index contributed by atoms with van der Waals surface area (Å²) in [5.74, 6) is -0.225. The van der Waals surface area contributed by atoms with E-state index < -0.39 is 5.67 Å². The van der Waals surface area contributed by atoms with E-state index >= 15 is 0 Å². The Morgan fingerprint density at radius 1 is 1.77 bits per heavy atom. The Hall–Kier alpha value is -1.37. The van der Waals surface area contributed by atoms with Gasteiger partial charge in [0.25, 0.3) is 0 Å². The summed E-state index contributed by atoms with van der Waals surface area (Å²) in [6.07, 6.45) is 3.10. The van der Waals surface area contributed by atoms with Gasteiger partial charge in [-0.2, -0.15) is 5.26 Å². The Bertz CT molecular complexity index is 282. The topological polar surface area (TPSA) is 44.1 Å². The monoisotopic (exact) mass is 182 g/mol. The van der Waals surface area contributed by atoms with Gasteiger partial charge in [-0.15, -0.1) is 0 Å². The van der Waals surface area contributed by atoms with Gasteiger partial charge < -0.3 is 4.90 Å². The fourth-order valence-corrected chi connectivity index (χ4v) is 1.30. The fourth-order valence-electron chi connectivity index (χ4n) is 1.30. The normalized spacial score (nSPS) is 27.9. The second-order valence-corrected chi connectivity index (χ2v) is 3.09. The second kappa shape index (κ2) is 3.56. The van der Waals surface area contributed by atoms with Crippen molar-refractivity contribution in [1.29, 1.82) is 5.26 Å². The Labute approximate surface area is 76.4 Å². The number of nitrogens with zero attached hydrogens (tertiary/aromatic N) is 2. The van der Waals surface area contributed by atoms with Crippen molar-refractivity contribution >= 4 is 5.91 Å². The van der Waals surface area contributed by atoms with E-state index in [1.807, 2.05) is 0 Å². The minimum Gasteiger partial charge on any atom is -0.335 e. The van der Waals surface area contributed by atoms with Gasteiger partial charge in [0.05, 0.1) is 6.54 Å². The van der Waals surface area contributed by atoms with Crippen molar-refractivity contribution in [2.75, 3.05) is 13.1 Å². The number of allylic oxidation sites excluding steroid dienone is 1. The zero-order valence-electron chi connectivity index (χ0n) is 7.46. The van der Waals surface area contributed by atoms with E-state index in [1.165, 1.54) is 11.0 Å². The number of hydrogen-bond donors (Lipinski definition) is 0. The maximum absolute atomic E-state index is 13.3.